The van der Waals surface area contributed by atoms with E-state index in [0.717, 1.165) is 12.8 Å². The van der Waals surface area contributed by atoms with Crippen molar-refractivity contribution in [2.45, 2.75) is 26.2 Å². The van der Waals surface area contributed by atoms with Crippen LogP contribution in [0.4, 0.5) is 10.5 Å². The van der Waals surface area contributed by atoms with Crippen molar-refractivity contribution in [1.82, 2.24) is 5.32 Å². The molecule has 6 heteroatoms. The standard InChI is InChI=1S/C15H19ClN2O3/c1-9-5-6-10(7-9)8-17-15(21)18-12-4-2-3-11(16)13(12)14(19)20/h2-4,9-10H,5-8H2,1H3,(H,19,20)(H2,17,18,21). The highest BCUT2D eigenvalue weighted by Crippen LogP contribution is 2.29. The summed E-state index contributed by atoms with van der Waals surface area (Å²) in [5.74, 6) is 0.0518. The van der Waals surface area contributed by atoms with Crippen molar-refractivity contribution in [3.8, 4) is 0 Å². The molecule has 2 amide bonds. The van der Waals surface area contributed by atoms with E-state index in [2.05, 4.69) is 17.6 Å². The molecule has 2 unspecified atom stereocenters. The number of hydrogen-bond acceptors (Lipinski definition) is 2. The Morgan fingerprint density at radius 3 is 2.76 bits per heavy atom. The average molecular weight is 311 g/mol. The topological polar surface area (TPSA) is 78.4 Å². The van der Waals surface area contributed by atoms with E-state index in [1.165, 1.54) is 18.6 Å². The molecule has 1 aliphatic carbocycles. The molecule has 114 valence electrons. The first-order valence-electron chi connectivity index (χ1n) is 7.04. The minimum atomic E-state index is -1.17. The molecule has 5 nitrogen and oxygen atoms in total. The van der Waals surface area contributed by atoms with Gasteiger partial charge < -0.3 is 15.7 Å². The van der Waals surface area contributed by atoms with Crippen molar-refractivity contribution in [3.63, 3.8) is 0 Å². The van der Waals surface area contributed by atoms with E-state index in [-0.39, 0.29) is 16.3 Å². The third-order valence-corrected chi connectivity index (χ3v) is 4.15. The van der Waals surface area contributed by atoms with Crippen LogP contribution in [0.2, 0.25) is 5.02 Å². The van der Waals surface area contributed by atoms with Crippen LogP contribution in [0.3, 0.4) is 0 Å². The molecule has 1 aromatic carbocycles. The van der Waals surface area contributed by atoms with Crippen LogP contribution in [-0.2, 0) is 0 Å². The smallest absolute Gasteiger partial charge is 0.339 e. The normalized spacial score (nSPS) is 21.0. The van der Waals surface area contributed by atoms with Gasteiger partial charge in [-0.1, -0.05) is 31.0 Å². The van der Waals surface area contributed by atoms with Crippen LogP contribution in [0, 0.1) is 11.8 Å². The number of anilines is 1. The number of halogens is 1. The average Bonchev–Trinajstić information content (AvgIpc) is 2.82. The highest BCUT2D eigenvalue weighted by atomic mass is 35.5. The highest BCUT2D eigenvalue weighted by molar-refractivity contribution is 6.34. The zero-order chi connectivity index (χ0) is 15.4. The molecule has 0 heterocycles. The van der Waals surface area contributed by atoms with Gasteiger partial charge in [-0.2, -0.15) is 0 Å². The molecule has 0 bridgehead atoms. The van der Waals surface area contributed by atoms with Crippen molar-refractivity contribution in [1.29, 1.82) is 0 Å². The number of urea groups is 1. The molecule has 0 spiro atoms. The van der Waals surface area contributed by atoms with Gasteiger partial charge in [-0.05, 0) is 36.8 Å². The fourth-order valence-corrected chi connectivity index (χ4v) is 3.01. The maximum Gasteiger partial charge on any atom is 0.339 e. The molecular formula is C15H19ClN2O3. The number of carboxylic acids is 1. The van der Waals surface area contributed by atoms with Crippen LogP contribution < -0.4 is 10.6 Å². The van der Waals surface area contributed by atoms with Crippen molar-refractivity contribution >= 4 is 29.3 Å². The molecule has 0 radical (unpaired) electrons. The van der Waals surface area contributed by atoms with Gasteiger partial charge in [-0.15, -0.1) is 0 Å². The van der Waals surface area contributed by atoms with E-state index in [1.54, 1.807) is 6.07 Å². The second-order valence-electron chi connectivity index (χ2n) is 5.59. The summed E-state index contributed by atoms with van der Waals surface area (Å²) in [6, 6.07) is 4.20. The number of hydrogen-bond donors (Lipinski definition) is 3. The number of rotatable bonds is 4. The first kappa shape index (κ1) is 15.6. The predicted molar refractivity (Wildman–Crippen MR) is 81.9 cm³/mol. The third-order valence-electron chi connectivity index (χ3n) is 3.83. The zero-order valence-corrected chi connectivity index (χ0v) is 12.6. The second-order valence-corrected chi connectivity index (χ2v) is 5.99. The molecule has 1 aliphatic rings. The lowest BCUT2D eigenvalue weighted by atomic mass is 10.1. The summed E-state index contributed by atoms with van der Waals surface area (Å²) >= 11 is 5.85. The summed E-state index contributed by atoms with van der Waals surface area (Å²) < 4.78 is 0. The number of aromatic carboxylic acids is 1. The zero-order valence-electron chi connectivity index (χ0n) is 11.9. The van der Waals surface area contributed by atoms with Crippen LogP contribution in [-0.4, -0.2) is 23.7 Å². The van der Waals surface area contributed by atoms with E-state index in [9.17, 15) is 9.59 Å². The number of benzene rings is 1. The lowest BCUT2D eigenvalue weighted by molar-refractivity contribution is 0.0698. The molecule has 3 N–H and O–H groups in total. The van der Waals surface area contributed by atoms with Gasteiger partial charge in [-0.3, -0.25) is 0 Å². The molecular weight excluding hydrogens is 292 g/mol. The monoisotopic (exact) mass is 310 g/mol. The van der Waals surface area contributed by atoms with Gasteiger partial charge in [0, 0.05) is 6.54 Å². The van der Waals surface area contributed by atoms with E-state index in [0.29, 0.717) is 18.4 Å². The maximum atomic E-state index is 11.9. The third kappa shape index (κ3) is 4.11. The van der Waals surface area contributed by atoms with Crippen molar-refractivity contribution in [3.05, 3.63) is 28.8 Å². The summed E-state index contributed by atoms with van der Waals surface area (Å²) in [6.45, 7) is 2.82. The summed E-state index contributed by atoms with van der Waals surface area (Å²) in [5, 5.41) is 14.6. The van der Waals surface area contributed by atoms with Crippen molar-refractivity contribution < 1.29 is 14.7 Å². The lowest BCUT2D eigenvalue weighted by Crippen LogP contribution is -2.33. The van der Waals surface area contributed by atoms with Gasteiger partial charge >= 0.3 is 12.0 Å². The molecule has 1 aromatic rings. The van der Waals surface area contributed by atoms with Crippen LogP contribution in [0.25, 0.3) is 0 Å². The first-order chi connectivity index (χ1) is 9.97. The fraction of sp³-hybridized carbons (Fsp3) is 0.467. The molecule has 0 aromatic heterocycles. The summed E-state index contributed by atoms with van der Waals surface area (Å²) in [6.07, 6.45) is 3.45. The van der Waals surface area contributed by atoms with Crippen LogP contribution in [0.1, 0.15) is 36.5 Å². The van der Waals surface area contributed by atoms with Crippen LogP contribution >= 0.6 is 11.6 Å². The van der Waals surface area contributed by atoms with E-state index >= 15 is 0 Å². The van der Waals surface area contributed by atoms with E-state index < -0.39 is 12.0 Å². The van der Waals surface area contributed by atoms with E-state index in [1.807, 2.05) is 0 Å². The Balaban J connectivity index is 1.94. The Morgan fingerprint density at radius 2 is 2.14 bits per heavy atom. The number of carbonyl (C=O) groups excluding carboxylic acids is 1. The van der Waals surface area contributed by atoms with Gasteiger partial charge in [0.05, 0.1) is 10.7 Å². The number of carbonyl (C=O) groups is 2. The quantitative estimate of drug-likeness (QED) is 0.795. The van der Waals surface area contributed by atoms with Gasteiger partial charge in [0.15, 0.2) is 0 Å². The molecule has 0 aliphatic heterocycles. The molecule has 1 saturated carbocycles. The Labute approximate surface area is 128 Å². The van der Waals surface area contributed by atoms with E-state index in [4.69, 9.17) is 16.7 Å². The summed E-state index contributed by atoms with van der Waals surface area (Å²) in [4.78, 5) is 23.0. The Hall–Kier alpha value is -1.75. The molecule has 1 fully saturated rings. The molecule has 2 atom stereocenters. The van der Waals surface area contributed by atoms with Gasteiger partial charge in [0.25, 0.3) is 0 Å². The molecule has 2 rings (SSSR count). The van der Waals surface area contributed by atoms with Crippen molar-refractivity contribution in [2.24, 2.45) is 11.8 Å². The SMILES string of the molecule is CC1CCC(CNC(=O)Nc2cccc(Cl)c2C(=O)O)C1. The van der Waals surface area contributed by atoms with Crippen molar-refractivity contribution in [2.75, 3.05) is 11.9 Å². The molecule has 21 heavy (non-hydrogen) atoms. The molecule has 0 saturated heterocycles. The Kier molecular flexibility index (Phi) is 5.07. The Bertz CT molecular complexity index is 548. The second kappa shape index (κ2) is 6.80. The predicted octanol–water partition coefficient (Wildman–Crippen LogP) is 3.60. The lowest BCUT2D eigenvalue weighted by Gasteiger charge is -2.13. The number of amides is 2. The Morgan fingerprint density at radius 1 is 1.38 bits per heavy atom. The minimum Gasteiger partial charge on any atom is -0.478 e. The van der Waals surface area contributed by atoms with Gasteiger partial charge in [0.1, 0.15) is 5.56 Å². The summed E-state index contributed by atoms with van der Waals surface area (Å²) in [7, 11) is 0. The maximum absolute atomic E-state index is 11.9. The summed E-state index contributed by atoms with van der Waals surface area (Å²) in [5.41, 5.74) is 0.107. The largest absolute Gasteiger partial charge is 0.478 e. The number of nitrogens with one attached hydrogen (secondary N) is 2. The minimum absolute atomic E-state index is 0.0937. The van der Waals surface area contributed by atoms with Crippen LogP contribution in [0.5, 0.6) is 0 Å². The van der Waals surface area contributed by atoms with Gasteiger partial charge in [0.2, 0.25) is 0 Å². The fourth-order valence-electron chi connectivity index (χ4n) is 2.76. The van der Waals surface area contributed by atoms with Crippen LogP contribution in [0.15, 0.2) is 18.2 Å². The first-order valence-corrected chi connectivity index (χ1v) is 7.41. The number of carboxylic acid groups (broad SMARTS) is 1. The highest BCUT2D eigenvalue weighted by Gasteiger charge is 2.22. The van der Waals surface area contributed by atoms with Gasteiger partial charge in [-0.25, -0.2) is 9.59 Å².